The van der Waals surface area contributed by atoms with Crippen LogP contribution < -0.4 is 32.0 Å². The minimum atomic E-state index is -1.41. The summed E-state index contributed by atoms with van der Waals surface area (Å²) in [5.74, 6) is -2.95. The zero-order chi connectivity index (χ0) is 26.2. The number of para-hydroxylation sites is 1. The molecule has 8 N–H and O–H groups in total. The summed E-state index contributed by atoms with van der Waals surface area (Å²) in [6.07, 6.45) is 0.651. The first kappa shape index (κ1) is 26.0. The number of carboxylic acids is 1. The van der Waals surface area contributed by atoms with Gasteiger partial charge in [-0.2, -0.15) is 0 Å². The van der Waals surface area contributed by atoms with Crippen LogP contribution in [-0.4, -0.2) is 47.5 Å². The summed E-state index contributed by atoms with van der Waals surface area (Å²) in [4.78, 5) is 51.6. The van der Waals surface area contributed by atoms with Crippen LogP contribution in [0.25, 0.3) is 0 Å². The van der Waals surface area contributed by atoms with E-state index in [-0.39, 0.29) is 24.6 Å². The van der Waals surface area contributed by atoms with Gasteiger partial charge in [-0.15, -0.1) is 0 Å². The van der Waals surface area contributed by atoms with Crippen LogP contribution in [0.3, 0.4) is 0 Å². The summed E-state index contributed by atoms with van der Waals surface area (Å²) in [6, 6.07) is 8.48. The molecule has 1 aliphatic heterocycles. The van der Waals surface area contributed by atoms with Gasteiger partial charge in [-0.05, 0) is 54.7 Å². The van der Waals surface area contributed by atoms with E-state index in [9.17, 15) is 19.2 Å². The van der Waals surface area contributed by atoms with Crippen molar-refractivity contribution in [1.82, 2.24) is 5.32 Å². The first-order chi connectivity index (χ1) is 17.1. The Hall–Kier alpha value is -4.61. The van der Waals surface area contributed by atoms with Crippen LogP contribution in [0.4, 0.5) is 5.69 Å². The van der Waals surface area contributed by atoms with Crippen LogP contribution in [0.5, 0.6) is 11.5 Å². The molecule has 1 heterocycles. The minimum absolute atomic E-state index is 0.0906. The van der Waals surface area contributed by atoms with Gasteiger partial charge in [0.25, 0.3) is 0 Å². The molecule has 2 amide bonds. The normalized spacial score (nSPS) is 13.6. The van der Waals surface area contributed by atoms with E-state index in [0.717, 1.165) is 0 Å². The molecule has 36 heavy (non-hydrogen) atoms. The lowest BCUT2D eigenvalue weighted by atomic mass is 10.0. The number of nitrogens with one attached hydrogen (secondary N) is 1. The SMILES string of the molecule is NC(=O)C[C@H](NC(=O)CCc1cccc2c1OCCCc1cc(N=C(N)N)ccc1C(=O)O2)C(=O)O. The average molecular weight is 498 g/mol. The Morgan fingerprint density at radius 1 is 1.14 bits per heavy atom. The highest BCUT2D eigenvalue weighted by molar-refractivity contribution is 5.94. The number of hydrogen-bond donors (Lipinski definition) is 5. The molecule has 0 fully saturated rings. The third kappa shape index (κ3) is 6.95. The van der Waals surface area contributed by atoms with Gasteiger partial charge in [-0.1, -0.05) is 12.1 Å². The molecule has 2 aromatic rings. The van der Waals surface area contributed by atoms with Crippen LogP contribution in [0, 0.1) is 0 Å². The Labute approximate surface area is 206 Å². The number of amides is 2. The van der Waals surface area contributed by atoms with Gasteiger partial charge in [0.1, 0.15) is 6.04 Å². The third-order valence-corrected chi connectivity index (χ3v) is 5.33. The number of benzene rings is 2. The second-order valence-corrected chi connectivity index (χ2v) is 8.09. The maximum absolute atomic E-state index is 12.9. The number of rotatable bonds is 8. The highest BCUT2D eigenvalue weighted by Gasteiger charge is 2.23. The maximum atomic E-state index is 12.9. The highest BCUT2D eigenvalue weighted by Crippen LogP contribution is 2.34. The van der Waals surface area contributed by atoms with E-state index in [2.05, 4.69) is 10.3 Å². The lowest BCUT2D eigenvalue weighted by Gasteiger charge is -2.19. The predicted octanol–water partition coefficient (Wildman–Crippen LogP) is 0.513. The van der Waals surface area contributed by atoms with Crippen molar-refractivity contribution in [3.63, 3.8) is 0 Å². The second kappa shape index (κ2) is 11.7. The van der Waals surface area contributed by atoms with Crippen molar-refractivity contribution in [2.45, 2.75) is 38.1 Å². The predicted molar refractivity (Wildman–Crippen MR) is 129 cm³/mol. The molecule has 2 aromatic carbocycles. The Kier molecular flexibility index (Phi) is 8.44. The number of aliphatic carboxylic acids is 1. The number of guanidine groups is 1. The summed E-state index contributed by atoms with van der Waals surface area (Å²) >= 11 is 0. The van der Waals surface area contributed by atoms with Gasteiger partial charge in [0, 0.05) is 6.42 Å². The molecule has 0 aliphatic carbocycles. The van der Waals surface area contributed by atoms with E-state index in [1.807, 2.05) is 0 Å². The van der Waals surface area contributed by atoms with Crippen molar-refractivity contribution in [3.8, 4) is 11.5 Å². The Morgan fingerprint density at radius 2 is 1.92 bits per heavy atom. The molecule has 0 saturated heterocycles. The topological polar surface area (TPSA) is 209 Å². The summed E-state index contributed by atoms with van der Waals surface area (Å²) in [6.45, 7) is 0.305. The highest BCUT2D eigenvalue weighted by atomic mass is 16.6. The van der Waals surface area contributed by atoms with Crippen molar-refractivity contribution >= 4 is 35.4 Å². The maximum Gasteiger partial charge on any atom is 0.343 e. The van der Waals surface area contributed by atoms with Crippen molar-refractivity contribution < 1.29 is 33.8 Å². The van der Waals surface area contributed by atoms with Gasteiger partial charge in [0.2, 0.25) is 11.8 Å². The van der Waals surface area contributed by atoms with E-state index in [4.69, 9.17) is 31.8 Å². The fraction of sp³-hybridized carbons (Fsp3) is 0.292. The number of carbonyl (C=O) groups excluding carboxylic acids is 3. The molecule has 0 radical (unpaired) electrons. The van der Waals surface area contributed by atoms with Gasteiger partial charge < -0.3 is 37.1 Å². The molecule has 0 unspecified atom stereocenters. The van der Waals surface area contributed by atoms with Crippen LogP contribution in [0.2, 0.25) is 0 Å². The van der Waals surface area contributed by atoms with Crippen LogP contribution in [0.15, 0.2) is 41.4 Å². The van der Waals surface area contributed by atoms with Gasteiger partial charge in [-0.3, -0.25) is 9.59 Å². The molecule has 0 bridgehead atoms. The molecule has 12 nitrogen and oxygen atoms in total. The molecule has 0 spiro atoms. The third-order valence-electron chi connectivity index (χ3n) is 5.33. The Bertz CT molecular complexity index is 1210. The van der Waals surface area contributed by atoms with Gasteiger partial charge in [0.05, 0.1) is 24.3 Å². The molecule has 190 valence electrons. The molecule has 1 atom stereocenters. The van der Waals surface area contributed by atoms with Gasteiger partial charge in [-0.25, -0.2) is 14.6 Å². The molecule has 1 aliphatic rings. The largest absolute Gasteiger partial charge is 0.489 e. The molecule has 0 aromatic heterocycles. The zero-order valence-electron chi connectivity index (χ0n) is 19.4. The number of nitrogens with zero attached hydrogens (tertiary/aromatic N) is 1. The summed E-state index contributed by atoms with van der Waals surface area (Å²) in [7, 11) is 0. The fourth-order valence-electron chi connectivity index (χ4n) is 3.71. The number of carboxylic acid groups (broad SMARTS) is 1. The molecule has 3 rings (SSSR count). The number of fused-ring (bicyclic) bond motifs is 2. The molecular weight excluding hydrogens is 470 g/mol. The number of esters is 1. The van der Waals surface area contributed by atoms with E-state index < -0.39 is 36.2 Å². The Balaban J connectivity index is 1.77. The zero-order valence-corrected chi connectivity index (χ0v) is 19.4. The lowest BCUT2D eigenvalue weighted by molar-refractivity contribution is -0.143. The second-order valence-electron chi connectivity index (χ2n) is 8.09. The van der Waals surface area contributed by atoms with Crippen molar-refractivity contribution in [2.24, 2.45) is 22.2 Å². The first-order valence-electron chi connectivity index (χ1n) is 11.1. The first-order valence-corrected chi connectivity index (χ1v) is 11.1. The number of hydrogen-bond acceptors (Lipinski definition) is 7. The summed E-state index contributed by atoms with van der Waals surface area (Å²) in [5, 5.41) is 11.4. The minimum Gasteiger partial charge on any atom is -0.489 e. The van der Waals surface area contributed by atoms with Gasteiger partial charge in [0.15, 0.2) is 17.5 Å². The number of nitrogens with two attached hydrogens (primary N) is 3. The van der Waals surface area contributed by atoms with E-state index in [0.29, 0.717) is 47.6 Å². The van der Waals surface area contributed by atoms with E-state index in [1.165, 1.54) is 0 Å². The van der Waals surface area contributed by atoms with Crippen LogP contribution in [-0.2, 0) is 27.2 Å². The molecular formula is C24H27N5O7. The number of ether oxygens (including phenoxy) is 2. The van der Waals surface area contributed by atoms with Crippen molar-refractivity contribution in [3.05, 3.63) is 53.1 Å². The number of primary amides is 1. The van der Waals surface area contributed by atoms with E-state index in [1.54, 1.807) is 36.4 Å². The molecule has 0 saturated carbocycles. The summed E-state index contributed by atoms with van der Waals surface area (Å²) < 4.78 is 11.6. The molecule has 12 heteroatoms. The van der Waals surface area contributed by atoms with E-state index >= 15 is 0 Å². The van der Waals surface area contributed by atoms with Crippen molar-refractivity contribution in [1.29, 1.82) is 0 Å². The summed E-state index contributed by atoms with van der Waals surface area (Å²) in [5.41, 5.74) is 18.1. The number of aryl methyl sites for hydroxylation is 2. The number of aliphatic imine (C=N–C) groups is 1. The van der Waals surface area contributed by atoms with Crippen LogP contribution in [0.1, 0.15) is 40.7 Å². The smallest absolute Gasteiger partial charge is 0.343 e. The Morgan fingerprint density at radius 3 is 2.61 bits per heavy atom. The fourth-order valence-corrected chi connectivity index (χ4v) is 3.71. The lowest BCUT2D eigenvalue weighted by Crippen LogP contribution is -2.43. The van der Waals surface area contributed by atoms with Crippen molar-refractivity contribution in [2.75, 3.05) is 6.61 Å². The standard InChI is InChI=1S/C24H27N5O7/c25-19(30)12-17(22(32)33)29-20(31)9-6-13-3-1-5-18-21(13)35-10-2-4-14-11-15(28-24(26)27)7-8-16(14)23(34)36-18/h1,3,5,7-8,11,17H,2,4,6,9-10,12H2,(H2,25,30)(H,29,31)(H,32,33)(H4,26,27,28)/t17-/m0/s1. The monoisotopic (exact) mass is 497 g/mol. The van der Waals surface area contributed by atoms with Crippen LogP contribution >= 0.6 is 0 Å². The van der Waals surface area contributed by atoms with Gasteiger partial charge >= 0.3 is 11.9 Å². The average Bonchev–Trinajstić information content (AvgIpc) is 2.80. The quantitative estimate of drug-likeness (QED) is 0.149. The number of carbonyl (C=O) groups is 4.